The molecule has 0 aromatic heterocycles. The molecule has 0 heterocycles. The van der Waals surface area contributed by atoms with E-state index in [0.29, 0.717) is 17.9 Å². The van der Waals surface area contributed by atoms with Crippen molar-refractivity contribution in [2.45, 2.75) is 6.54 Å². The first kappa shape index (κ1) is 16.1. The first-order valence-corrected chi connectivity index (χ1v) is 6.95. The van der Waals surface area contributed by atoms with E-state index in [1.54, 1.807) is 12.1 Å². The molecule has 0 saturated carbocycles. The number of methoxy groups -OCH3 is 1. The maximum atomic E-state index is 12.1. The first-order valence-electron chi connectivity index (χ1n) is 6.95. The Bertz CT molecular complexity index is 762. The van der Waals surface area contributed by atoms with Gasteiger partial charge in [-0.15, -0.1) is 0 Å². The van der Waals surface area contributed by atoms with E-state index in [9.17, 15) is 15.2 Å². The minimum Gasteiger partial charge on any atom is -0.507 e. The predicted molar refractivity (Wildman–Crippen MR) is 86.5 cm³/mol. The quantitative estimate of drug-likeness (QED) is 0.657. The first-order chi connectivity index (χ1) is 11.1. The van der Waals surface area contributed by atoms with Crippen molar-refractivity contribution in [2.75, 3.05) is 7.11 Å². The van der Waals surface area contributed by atoms with Crippen LogP contribution in [0.5, 0.6) is 11.5 Å². The van der Waals surface area contributed by atoms with E-state index in [4.69, 9.17) is 4.74 Å². The second-order valence-corrected chi connectivity index (χ2v) is 4.76. The van der Waals surface area contributed by atoms with Crippen molar-refractivity contribution in [1.82, 2.24) is 5.32 Å². The number of benzene rings is 2. The van der Waals surface area contributed by atoms with Crippen LogP contribution in [0.25, 0.3) is 6.08 Å². The molecule has 0 atom stereocenters. The molecule has 0 aliphatic rings. The minimum absolute atomic E-state index is 0.0330. The van der Waals surface area contributed by atoms with Crippen molar-refractivity contribution in [2.24, 2.45) is 0 Å². The molecule has 116 valence electrons. The number of aromatic hydroxyl groups is 1. The van der Waals surface area contributed by atoms with Crippen molar-refractivity contribution in [3.8, 4) is 17.6 Å². The Balaban J connectivity index is 2.15. The summed E-state index contributed by atoms with van der Waals surface area (Å²) in [5.41, 5.74) is 1.18. The second-order valence-electron chi connectivity index (χ2n) is 4.76. The summed E-state index contributed by atoms with van der Waals surface area (Å²) in [5.74, 6) is -0.0102. The molecule has 0 aliphatic heterocycles. The largest absolute Gasteiger partial charge is 0.507 e. The van der Waals surface area contributed by atoms with Crippen LogP contribution in [0.15, 0.2) is 54.1 Å². The van der Waals surface area contributed by atoms with Crippen LogP contribution in [0.4, 0.5) is 0 Å². The van der Waals surface area contributed by atoms with Crippen molar-refractivity contribution in [1.29, 1.82) is 5.26 Å². The summed E-state index contributed by atoms with van der Waals surface area (Å²) < 4.78 is 5.07. The van der Waals surface area contributed by atoms with Crippen LogP contribution in [0, 0.1) is 11.3 Å². The van der Waals surface area contributed by atoms with Gasteiger partial charge in [-0.1, -0.05) is 30.3 Å². The summed E-state index contributed by atoms with van der Waals surface area (Å²) in [6, 6.07) is 15.8. The monoisotopic (exact) mass is 308 g/mol. The van der Waals surface area contributed by atoms with Gasteiger partial charge in [0, 0.05) is 12.1 Å². The Morgan fingerprint density at radius 3 is 2.70 bits per heavy atom. The van der Waals surface area contributed by atoms with Crippen LogP contribution in [0.1, 0.15) is 11.1 Å². The molecule has 0 radical (unpaired) electrons. The number of phenolic OH excluding ortho intramolecular Hbond substituents is 1. The van der Waals surface area contributed by atoms with Gasteiger partial charge >= 0.3 is 0 Å². The van der Waals surface area contributed by atoms with Gasteiger partial charge in [-0.2, -0.15) is 5.26 Å². The van der Waals surface area contributed by atoms with Crippen molar-refractivity contribution < 1.29 is 14.6 Å². The molecule has 0 spiro atoms. The molecule has 0 bridgehead atoms. The Labute approximate surface area is 134 Å². The van der Waals surface area contributed by atoms with E-state index in [2.05, 4.69) is 5.32 Å². The van der Waals surface area contributed by atoms with Crippen molar-refractivity contribution >= 4 is 12.0 Å². The molecule has 0 unspecified atom stereocenters. The van der Waals surface area contributed by atoms with E-state index >= 15 is 0 Å². The zero-order valence-electron chi connectivity index (χ0n) is 12.6. The summed E-state index contributed by atoms with van der Waals surface area (Å²) in [5, 5.41) is 21.7. The fraction of sp³-hybridized carbons (Fsp3) is 0.111. The number of carbonyl (C=O) groups is 1. The van der Waals surface area contributed by atoms with E-state index in [-0.39, 0.29) is 11.3 Å². The maximum Gasteiger partial charge on any atom is 0.262 e. The minimum atomic E-state index is -0.501. The highest BCUT2D eigenvalue weighted by atomic mass is 16.5. The SMILES string of the molecule is COc1ccc(O)c(C=C(C#N)C(=O)NCc2ccccc2)c1. The highest BCUT2D eigenvalue weighted by Gasteiger charge is 2.10. The topological polar surface area (TPSA) is 82.3 Å². The van der Waals surface area contributed by atoms with Crippen LogP contribution in [0.2, 0.25) is 0 Å². The summed E-state index contributed by atoms with van der Waals surface area (Å²) in [6.07, 6.45) is 1.33. The number of ether oxygens (including phenoxy) is 1. The molecule has 2 aromatic carbocycles. The van der Waals surface area contributed by atoms with Crippen LogP contribution in [-0.4, -0.2) is 18.1 Å². The molecular formula is C18H16N2O3. The fourth-order valence-corrected chi connectivity index (χ4v) is 1.95. The molecule has 2 N–H and O–H groups in total. The Hall–Kier alpha value is -3.26. The van der Waals surface area contributed by atoms with Crippen LogP contribution >= 0.6 is 0 Å². The highest BCUT2D eigenvalue weighted by molar-refractivity contribution is 6.01. The Morgan fingerprint density at radius 2 is 2.04 bits per heavy atom. The van der Waals surface area contributed by atoms with Gasteiger partial charge in [-0.25, -0.2) is 0 Å². The highest BCUT2D eigenvalue weighted by Crippen LogP contribution is 2.25. The molecular weight excluding hydrogens is 292 g/mol. The zero-order valence-corrected chi connectivity index (χ0v) is 12.6. The van der Waals surface area contributed by atoms with Gasteiger partial charge in [-0.3, -0.25) is 4.79 Å². The lowest BCUT2D eigenvalue weighted by atomic mass is 10.1. The van der Waals surface area contributed by atoms with Crippen LogP contribution in [-0.2, 0) is 11.3 Å². The Morgan fingerprint density at radius 1 is 1.30 bits per heavy atom. The van der Waals surface area contributed by atoms with Gasteiger partial charge in [0.05, 0.1) is 7.11 Å². The second kappa shape index (κ2) is 7.66. The third-order valence-electron chi connectivity index (χ3n) is 3.20. The number of hydrogen-bond acceptors (Lipinski definition) is 4. The molecule has 0 fully saturated rings. The van der Waals surface area contributed by atoms with E-state index in [1.807, 2.05) is 36.4 Å². The average molecular weight is 308 g/mol. The van der Waals surface area contributed by atoms with Crippen molar-refractivity contribution in [3.63, 3.8) is 0 Å². The molecule has 5 heteroatoms. The standard InChI is InChI=1S/C18H16N2O3/c1-23-16-7-8-17(21)14(10-16)9-15(11-19)18(22)20-12-13-5-3-2-4-6-13/h2-10,21H,12H2,1H3,(H,20,22). The van der Waals surface area contributed by atoms with Gasteiger partial charge in [0.25, 0.3) is 5.91 Å². The van der Waals surface area contributed by atoms with Gasteiger partial charge in [0.15, 0.2) is 0 Å². The van der Waals surface area contributed by atoms with Gasteiger partial charge in [0.2, 0.25) is 0 Å². The molecule has 2 aromatic rings. The molecule has 2 rings (SSSR count). The van der Waals surface area contributed by atoms with Gasteiger partial charge in [0.1, 0.15) is 23.1 Å². The van der Waals surface area contributed by atoms with E-state index in [0.717, 1.165) is 5.56 Å². The lowest BCUT2D eigenvalue weighted by molar-refractivity contribution is -0.117. The fourth-order valence-electron chi connectivity index (χ4n) is 1.95. The third-order valence-corrected chi connectivity index (χ3v) is 3.20. The number of amides is 1. The number of nitrogens with zero attached hydrogens (tertiary/aromatic N) is 1. The van der Waals surface area contributed by atoms with E-state index < -0.39 is 5.91 Å². The summed E-state index contributed by atoms with van der Waals surface area (Å²) in [6.45, 7) is 0.322. The smallest absolute Gasteiger partial charge is 0.262 e. The predicted octanol–water partition coefficient (Wildman–Crippen LogP) is 2.62. The number of rotatable bonds is 5. The van der Waals surface area contributed by atoms with Gasteiger partial charge < -0.3 is 15.2 Å². The number of hydrogen-bond donors (Lipinski definition) is 2. The molecule has 1 amide bonds. The van der Waals surface area contributed by atoms with E-state index in [1.165, 1.54) is 19.3 Å². The third kappa shape index (κ3) is 4.35. The lowest BCUT2D eigenvalue weighted by Gasteiger charge is -2.06. The average Bonchev–Trinajstić information content (AvgIpc) is 2.59. The molecule has 0 saturated heterocycles. The van der Waals surface area contributed by atoms with Crippen LogP contribution in [0.3, 0.4) is 0 Å². The number of nitrogens with one attached hydrogen (secondary N) is 1. The molecule has 0 aliphatic carbocycles. The zero-order chi connectivity index (χ0) is 16.7. The normalized spacial score (nSPS) is 10.7. The number of carbonyl (C=O) groups excluding carboxylic acids is 1. The number of nitriles is 1. The summed E-state index contributed by atoms with van der Waals surface area (Å²) in [4.78, 5) is 12.1. The Kier molecular flexibility index (Phi) is 5.37. The van der Waals surface area contributed by atoms with Gasteiger partial charge in [-0.05, 0) is 29.8 Å². The van der Waals surface area contributed by atoms with Crippen LogP contribution < -0.4 is 10.1 Å². The maximum absolute atomic E-state index is 12.1. The summed E-state index contributed by atoms with van der Waals surface area (Å²) >= 11 is 0. The number of phenols is 1. The lowest BCUT2D eigenvalue weighted by Crippen LogP contribution is -2.23. The molecule has 23 heavy (non-hydrogen) atoms. The van der Waals surface area contributed by atoms with Crippen molar-refractivity contribution in [3.05, 3.63) is 65.2 Å². The summed E-state index contributed by atoms with van der Waals surface area (Å²) in [7, 11) is 1.50. The molecule has 5 nitrogen and oxygen atoms in total.